The van der Waals surface area contributed by atoms with Crippen molar-refractivity contribution in [1.82, 2.24) is 4.98 Å². The number of pyridine rings is 1. The van der Waals surface area contributed by atoms with Crippen LogP contribution in [0.1, 0.15) is 0 Å². The second-order valence-corrected chi connectivity index (χ2v) is 4.27. The number of hydrogen-bond acceptors (Lipinski definition) is 1. The van der Waals surface area contributed by atoms with Crippen LogP contribution in [-0.4, -0.2) is 4.98 Å². The number of aromatic nitrogens is 1. The Kier molecular flexibility index (Phi) is 2.54. The summed E-state index contributed by atoms with van der Waals surface area (Å²) in [6.07, 6.45) is 0. The average Bonchev–Trinajstić information content (AvgIpc) is 2.39. The molecular formula is C15H10ClN. The van der Waals surface area contributed by atoms with Crippen molar-refractivity contribution in [2.45, 2.75) is 0 Å². The van der Waals surface area contributed by atoms with Gasteiger partial charge < -0.3 is 0 Å². The number of benzene rings is 2. The van der Waals surface area contributed by atoms with Gasteiger partial charge in [0.25, 0.3) is 0 Å². The van der Waals surface area contributed by atoms with E-state index in [0.717, 1.165) is 22.0 Å². The minimum atomic E-state index is 0.530. The molecule has 1 nitrogen and oxygen atoms in total. The standard InChI is InChI=1S/C15H10ClN/c16-14-10-12-8-4-5-9-13(12)15(17-14)11-6-2-1-3-7-11/h1-10H. The lowest BCUT2D eigenvalue weighted by molar-refractivity contribution is 1.36. The molecule has 1 heterocycles. The van der Waals surface area contributed by atoms with Crippen LogP contribution in [0.2, 0.25) is 5.15 Å². The van der Waals surface area contributed by atoms with Crippen molar-refractivity contribution in [1.29, 1.82) is 0 Å². The molecule has 0 fully saturated rings. The zero-order chi connectivity index (χ0) is 11.7. The van der Waals surface area contributed by atoms with E-state index in [1.807, 2.05) is 48.5 Å². The molecule has 0 aliphatic heterocycles. The Morgan fingerprint density at radius 2 is 1.53 bits per heavy atom. The van der Waals surface area contributed by atoms with Crippen LogP contribution in [0, 0.1) is 0 Å². The molecule has 0 aliphatic rings. The Morgan fingerprint density at radius 3 is 2.35 bits per heavy atom. The first-order valence-corrected chi connectivity index (χ1v) is 5.83. The molecule has 2 heteroatoms. The summed E-state index contributed by atoms with van der Waals surface area (Å²) in [5, 5.41) is 2.78. The predicted molar refractivity (Wildman–Crippen MR) is 72.2 cm³/mol. The number of hydrogen-bond donors (Lipinski definition) is 0. The molecule has 3 aromatic rings. The first kappa shape index (κ1) is 10.3. The third kappa shape index (κ3) is 1.90. The third-order valence-corrected chi connectivity index (χ3v) is 2.95. The first-order chi connectivity index (χ1) is 8.34. The van der Waals surface area contributed by atoms with E-state index in [1.165, 1.54) is 0 Å². The fourth-order valence-corrected chi connectivity index (χ4v) is 2.18. The third-order valence-electron chi connectivity index (χ3n) is 2.76. The van der Waals surface area contributed by atoms with E-state index >= 15 is 0 Å². The molecule has 0 saturated heterocycles. The van der Waals surface area contributed by atoms with Crippen LogP contribution in [0.4, 0.5) is 0 Å². The van der Waals surface area contributed by atoms with E-state index in [9.17, 15) is 0 Å². The largest absolute Gasteiger partial charge is 0.235 e. The van der Waals surface area contributed by atoms with Crippen LogP contribution in [0.25, 0.3) is 22.0 Å². The molecule has 0 N–H and O–H groups in total. The molecule has 0 amide bonds. The number of halogens is 1. The van der Waals surface area contributed by atoms with Gasteiger partial charge in [0, 0.05) is 10.9 Å². The molecule has 1 aromatic heterocycles. The summed E-state index contributed by atoms with van der Waals surface area (Å²) in [6, 6.07) is 20.1. The number of nitrogens with zero attached hydrogens (tertiary/aromatic N) is 1. The predicted octanol–water partition coefficient (Wildman–Crippen LogP) is 4.56. The Labute approximate surface area is 105 Å². The lowest BCUT2D eigenvalue weighted by Gasteiger charge is -2.06. The van der Waals surface area contributed by atoms with Crippen molar-refractivity contribution >= 4 is 22.4 Å². The molecule has 0 spiro atoms. The summed E-state index contributed by atoms with van der Waals surface area (Å²) in [5.41, 5.74) is 2.03. The molecule has 0 atom stereocenters. The maximum absolute atomic E-state index is 6.06. The van der Waals surface area contributed by atoms with Crippen LogP contribution >= 0.6 is 11.6 Å². The van der Waals surface area contributed by atoms with Crippen LogP contribution in [0.5, 0.6) is 0 Å². The normalized spacial score (nSPS) is 10.6. The van der Waals surface area contributed by atoms with Gasteiger partial charge in [-0.15, -0.1) is 0 Å². The van der Waals surface area contributed by atoms with Crippen molar-refractivity contribution in [3.05, 3.63) is 65.8 Å². The SMILES string of the molecule is Clc1cc2ccccc2c(-c2ccccc2)n1. The Hall–Kier alpha value is -1.86. The average molecular weight is 240 g/mol. The maximum Gasteiger partial charge on any atom is 0.130 e. The maximum atomic E-state index is 6.06. The van der Waals surface area contributed by atoms with Crippen LogP contribution < -0.4 is 0 Å². The van der Waals surface area contributed by atoms with Crippen molar-refractivity contribution in [3.8, 4) is 11.3 Å². The fourth-order valence-electron chi connectivity index (χ4n) is 1.98. The zero-order valence-electron chi connectivity index (χ0n) is 9.10. The molecule has 17 heavy (non-hydrogen) atoms. The monoisotopic (exact) mass is 239 g/mol. The minimum absolute atomic E-state index is 0.530. The molecular weight excluding hydrogens is 230 g/mol. The summed E-state index contributed by atoms with van der Waals surface area (Å²) < 4.78 is 0. The van der Waals surface area contributed by atoms with Gasteiger partial charge in [0.1, 0.15) is 5.15 Å². The van der Waals surface area contributed by atoms with Crippen molar-refractivity contribution < 1.29 is 0 Å². The Bertz CT molecular complexity index is 662. The van der Waals surface area contributed by atoms with Crippen LogP contribution in [0.3, 0.4) is 0 Å². The van der Waals surface area contributed by atoms with Gasteiger partial charge in [0.05, 0.1) is 5.69 Å². The molecule has 0 radical (unpaired) electrons. The molecule has 82 valence electrons. The molecule has 0 bridgehead atoms. The second kappa shape index (κ2) is 4.19. The summed E-state index contributed by atoms with van der Waals surface area (Å²) in [5.74, 6) is 0. The molecule has 0 unspecified atom stereocenters. The summed E-state index contributed by atoms with van der Waals surface area (Å²) in [6.45, 7) is 0. The van der Waals surface area contributed by atoms with Gasteiger partial charge in [0.15, 0.2) is 0 Å². The Morgan fingerprint density at radius 1 is 0.824 bits per heavy atom. The smallest absolute Gasteiger partial charge is 0.130 e. The molecule has 2 aromatic carbocycles. The van der Waals surface area contributed by atoms with Gasteiger partial charge in [-0.25, -0.2) is 4.98 Å². The van der Waals surface area contributed by atoms with Crippen molar-refractivity contribution in [2.24, 2.45) is 0 Å². The lowest BCUT2D eigenvalue weighted by atomic mass is 10.0. The van der Waals surface area contributed by atoms with Crippen LogP contribution in [0.15, 0.2) is 60.7 Å². The highest BCUT2D eigenvalue weighted by Crippen LogP contribution is 2.28. The molecule has 0 saturated carbocycles. The van der Waals surface area contributed by atoms with Gasteiger partial charge in [-0.3, -0.25) is 0 Å². The highest BCUT2D eigenvalue weighted by Gasteiger charge is 2.06. The van der Waals surface area contributed by atoms with Gasteiger partial charge in [-0.2, -0.15) is 0 Å². The topological polar surface area (TPSA) is 12.9 Å². The zero-order valence-corrected chi connectivity index (χ0v) is 9.85. The van der Waals surface area contributed by atoms with Crippen molar-refractivity contribution in [3.63, 3.8) is 0 Å². The number of rotatable bonds is 1. The highest BCUT2D eigenvalue weighted by molar-refractivity contribution is 6.30. The fraction of sp³-hybridized carbons (Fsp3) is 0. The van der Waals surface area contributed by atoms with E-state index in [0.29, 0.717) is 5.15 Å². The lowest BCUT2D eigenvalue weighted by Crippen LogP contribution is -1.86. The summed E-state index contributed by atoms with van der Waals surface area (Å²) in [7, 11) is 0. The van der Waals surface area contributed by atoms with Gasteiger partial charge in [-0.05, 0) is 11.5 Å². The quantitative estimate of drug-likeness (QED) is 0.568. The second-order valence-electron chi connectivity index (χ2n) is 3.88. The minimum Gasteiger partial charge on any atom is -0.235 e. The van der Waals surface area contributed by atoms with E-state index in [2.05, 4.69) is 17.1 Å². The van der Waals surface area contributed by atoms with Gasteiger partial charge >= 0.3 is 0 Å². The van der Waals surface area contributed by atoms with Crippen molar-refractivity contribution in [2.75, 3.05) is 0 Å². The summed E-state index contributed by atoms with van der Waals surface area (Å²) in [4.78, 5) is 4.44. The number of fused-ring (bicyclic) bond motifs is 1. The van der Waals surface area contributed by atoms with Crippen LogP contribution in [-0.2, 0) is 0 Å². The van der Waals surface area contributed by atoms with E-state index in [4.69, 9.17) is 11.6 Å². The van der Waals surface area contributed by atoms with Gasteiger partial charge in [0.2, 0.25) is 0 Å². The summed E-state index contributed by atoms with van der Waals surface area (Å²) >= 11 is 6.06. The Balaban J connectivity index is 2.36. The van der Waals surface area contributed by atoms with E-state index in [-0.39, 0.29) is 0 Å². The first-order valence-electron chi connectivity index (χ1n) is 5.45. The van der Waals surface area contributed by atoms with Gasteiger partial charge in [-0.1, -0.05) is 66.2 Å². The molecule has 3 rings (SSSR count). The highest BCUT2D eigenvalue weighted by atomic mass is 35.5. The molecule has 0 aliphatic carbocycles. The van der Waals surface area contributed by atoms with E-state index < -0.39 is 0 Å². The van der Waals surface area contributed by atoms with E-state index in [1.54, 1.807) is 0 Å².